The molecule has 1 atom stereocenters. The SMILES string of the molecule is CC(CC(C)(C)C)C(=O)Nc1cccc2cccnc12. The number of rotatable bonds is 3. The minimum absolute atomic E-state index is 0.0195. The zero-order valence-corrected chi connectivity index (χ0v) is 12.6. The quantitative estimate of drug-likeness (QED) is 0.906. The summed E-state index contributed by atoms with van der Waals surface area (Å²) in [6, 6.07) is 9.73. The van der Waals surface area contributed by atoms with Crippen molar-refractivity contribution in [3.8, 4) is 0 Å². The summed E-state index contributed by atoms with van der Waals surface area (Å²) >= 11 is 0. The fourth-order valence-corrected chi connectivity index (χ4v) is 2.47. The maximum Gasteiger partial charge on any atom is 0.227 e. The monoisotopic (exact) mass is 270 g/mol. The maximum absolute atomic E-state index is 12.3. The van der Waals surface area contributed by atoms with Gasteiger partial charge in [0.25, 0.3) is 0 Å². The lowest BCUT2D eigenvalue weighted by atomic mass is 9.85. The largest absolute Gasteiger partial charge is 0.324 e. The van der Waals surface area contributed by atoms with Crippen LogP contribution < -0.4 is 5.32 Å². The molecule has 0 spiro atoms. The summed E-state index contributed by atoms with van der Waals surface area (Å²) in [5, 5.41) is 4.04. The standard InChI is InChI=1S/C17H22N2O/c1-12(11-17(2,3)4)16(20)19-14-9-5-7-13-8-6-10-18-15(13)14/h5-10,12H,11H2,1-4H3,(H,19,20). The molecule has 0 saturated carbocycles. The van der Waals surface area contributed by atoms with Crippen LogP contribution in [0.5, 0.6) is 0 Å². The molecule has 0 bridgehead atoms. The summed E-state index contributed by atoms with van der Waals surface area (Å²) in [4.78, 5) is 16.6. The van der Waals surface area contributed by atoms with Gasteiger partial charge in [-0.05, 0) is 24.0 Å². The molecular formula is C17H22N2O. The van der Waals surface area contributed by atoms with E-state index < -0.39 is 0 Å². The van der Waals surface area contributed by atoms with Gasteiger partial charge in [-0.1, -0.05) is 45.9 Å². The molecule has 0 aliphatic carbocycles. The molecule has 20 heavy (non-hydrogen) atoms. The number of pyridine rings is 1. The molecule has 1 aromatic heterocycles. The van der Waals surface area contributed by atoms with Crippen LogP contribution in [0.4, 0.5) is 5.69 Å². The number of carbonyl (C=O) groups is 1. The molecular weight excluding hydrogens is 248 g/mol. The first-order chi connectivity index (χ1) is 9.37. The third kappa shape index (κ3) is 3.56. The van der Waals surface area contributed by atoms with E-state index in [2.05, 4.69) is 31.1 Å². The molecule has 1 N–H and O–H groups in total. The van der Waals surface area contributed by atoms with Crippen molar-refractivity contribution in [3.05, 3.63) is 36.5 Å². The van der Waals surface area contributed by atoms with E-state index in [4.69, 9.17) is 0 Å². The molecule has 1 amide bonds. The van der Waals surface area contributed by atoms with Crippen molar-refractivity contribution in [1.29, 1.82) is 0 Å². The van der Waals surface area contributed by atoms with Gasteiger partial charge in [0, 0.05) is 17.5 Å². The highest BCUT2D eigenvalue weighted by Crippen LogP contribution is 2.26. The first-order valence-electron chi connectivity index (χ1n) is 7.01. The van der Waals surface area contributed by atoms with Crippen molar-refractivity contribution >= 4 is 22.5 Å². The first-order valence-corrected chi connectivity index (χ1v) is 7.01. The number of hydrogen-bond acceptors (Lipinski definition) is 2. The van der Waals surface area contributed by atoms with Crippen LogP contribution in [0.2, 0.25) is 0 Å². The molecule has 0 aliphatic heterocycles. The Kier molecular flexibility index (Phi) is 4.07. The van der Waals surface area contributed by atoms with Gasteiger partial charge >= 0.3 is 0 Å². The molecule has 3 heteroatoms. The normalized spacial score (nSPS) is 13.2. The second kappa shape index (κ2) is 5.61. The van der Waals surface area contributed by atoms with Crippen LogP contribution in [0.15, 0.2) is 36.5 Å². The number of carbonyl (C=O) groups excluding carboxylic acids is 1. The van der Waals surface area contributed by atoms with E-state index in [-0.39, 0.29) is 17.2 Å². The summed E-state index contributed by atoms with van der Waals surface area (Å²) < 4.78 is 0. The van der Waals surface area contributed by atoms with Crippen molar-refractivity contribution in [2.24, 2.45) is 11.3 Å². The molecule has 1 heterocycles. The lowest BCUT2D eigenvalue weighted by molar-refractivity contribution is -0.120. The van der Waals surface area contributed by atoms with Crippen LogP contribution >= 0.6 is 0 Å². The Morgan fingerprint density at radius 2 is 1.95 bits per heavy atom. The number of nitrogens with one attached hydrogen (secondary N) is 1. The second-order valence-corrected chi connectivity index (χ2v) is 6.54. The van der Waals surface area contributed by atoms with Crippen LogP contribution in [0.1, 0.15) is 34.1 Å². The molecule has 1 aromatic carbocycles. The summed E-state index contributed by atoms with van der Waals surface area (Å²) in [5.41, 5.74) is 1.77. The summed E-state index contributed by atoms with van der Waals surface area (Å²) in [7, 11) is 0. The third-order valence-corrected chi connectivity index (χ3v) is 3.26. The van der Waals surface area contributed by atoms with Gasteiger partial charge in [0.05, 0.1) is 11.2 Å². The molecule has 3 nitrogen and oxygen atoms in total. The highest BCUT2D eigenvalue weighted by Gasteiger charge is 2.21. The first kappa shape index (κ1) is 14.5. The van der Waals surface area contributed by atoms with Gasteiger partial charge in [-0.2, -0.15) is 0 Å². The lowest BCUT2D eigenvalue weighted by Crippen LogP contribution is -2.24. The number of benzene rings is 1. The molecule has 0 aliphatic rings. The number of para-hydroxylation sites is 1. The third-order valence-electron chi connectivity index (χ3n) is 3.26. The average Bonchev–Trinajstić information content (AvgIpc) is 2.37. The highest BCUT2D eigenvalue weighted by atomic mass is 16.1. The molecule has 2 aromatic rings. The van der Waals surface area contributed by atoms with Crippen LogP contribution in [0.25, 0.3) is 10.9 Å². The van der Waals surface area contributed by atoms with E-state index in [9.17, 15) is 4.79 Å². The summed E-state index contributed by atoms with van der Waals surface area (Å²) in [6.45, 7) is 8.42. The predicted octanol–water partition coefficient (Wildman–Crippen LogP) is 4.25. The highest BCUT2D eigenvalue weighted by molar-refractivity contribution is 6.00. The summed E-state index contributed by atoms with van der Waals surface area (Å²) in [5.74, 6) is 0.0343. The van der Waals surface area contributed by atoms with Gasteiger partial charge in [0.15, 0.2) is 0 Å². The van der Waals surface area contributed by atoms with Gasteiger partial charge in [0.2, 0.25) is 5.91 Å². The van der Waals surface area contributed by atoms with E-state index in [1.807, 2.05) is 37.3 Å². The fraction of sp³-hybridized carbons (Fsp3) is 0.412. The van der Waals surface area contributed by atoms with Crippen molar-refractivity contribution in [3.63, 3.8) is 0 Å². The zero-order chi connectivity index (χ0) is 14.8. The summed E-state index contributed by atoms with van der Waals surface area (Å²) in [6.07, 6.45) is 2.60. The number of amides is 1. The average molecular weight is 270 g/mol. The number of anilines is 1. The Bertz CT molecular complexity index is 608. The van der Waals surface area contributed by atoms with Gasteiger partial charge < -0.3 is 5.32 Å². The Balaban J connectivity index is 2.18. The van der Waals surface area contributed by atoms with Crippen molar-refractivity contribution < 1.29 is 4.79 Å². The van der Waals surface area contributed by atoms with Crippen LogP contribution in [0, 0.1) is 11.3 Å². The van der Waals surface area contributed by atoms with E-state index in [0.717, 1.165) is 23.0 Å². The Hall–Kier alpha value is -1.90. The molecule has 0 fully saturated rings. The second-order valence-electron chi connectivity index (χ2n) is 6.54. The molecule has 0 radical (unpaired) electrons. The van der Waals surface area contributed by atoms with Crippen LogP contribution in [-0.4, -0.2) is 10.9 Å². The fourth-order valence-electron chi connectivity index (χ4n) is 2.47. The molecule has 2 rings (SSSR count). The minimum atomic E-state index is -0.0195. The van der Waals surface area contributed by atoms with E-state index in [0.29, 0.717) is 0 Å². The molecule has 1 unspecified atom stereocenters. The smallest absolute Gasteiger partial charge is 0.227 e. The Morgan fingerprint density at radius 3 is 2.65 bits per heavy atom. The van der Waals surface area contributed by atoms with E-state index >= 15 is 0 Å². The van der Waals surface area contributed by atoms with Gasteiger partial charge in [-0.3, -0.25) is 9.78 Å². The van der Waals surface area contributed by atoms with Crippen molar-refractivity contribution in [1.82, 2.24) is 4.98 Å². The van der Waals surface area contributed by atoms with Gasteiger partial charge in [-0.15, -0.1) is 0 Å². The number of fused-ring (bicyclic) bond motifs is 1. The minimum Gasteiger partial charge on any atom is -0.324 e. The van der Waals surface area contributed by atoms with Crippen molar-refractivity contribution in [2.45, 2.75) is 34.1 Å². The van der Waals surface area contributed by atoms with E-state index in [1.165, 1.54) is 0 Å². The Morgan fingerprint density at radius 1 is 1.25 bits per heavy atom. The lowest BCUT2D eigenvalue weighted by Gasteiger charge is -2.22. The topological polar surface area (TPSA) is 42.0 Å². The maximum atomic E-state index is 12.3. The van der Waals surface area contributed by atoms with Crippen LogP contribution in [0.3, 0.4) is 0 Å². The number of nitrogens with zero attached hydrogens (tertiary/aromatic N) is 1. The van der Waals surface area contributed by atoms with Gasteiger partial charge in [0.1, 0.15) is 0 Å². The number of hydrogen-bond donors (Lipinski definition) is 1. The van der Waals surface area contributed by atoms with Gasteiger partial charge in [-0.25, -0.2) is 0 Å². The predicted molar refractivity (Wildman–Crippen MR) is 83.6 cm³/mol. The molecule has 0 saturated heterocycles. The number of aromatic nitrogens is 1. The molecule has 106 valence electrons. The van der Waals surface area contributed by atoms with Crippen molar-refractivity contribution in [2.75, 3.05) is 5.32 Å². The zero-order valence-electron chi connectivity index (χ0n) is 12.6. The van der Waals surface area contributed by atoms with Crippen LogP contribution in [-0.2, 0) is 4.79 Å². The Labute approximate surface area is 120 Å². The van der Waals surface area contributed by atoms with E-state index in [1.54, 1.807) is 6.20 Å².